The van der Waals surface area contributed by atoms with Gasteiger partial charge in [-0.2, -0.15) is 0 Å². The molecule has 2 rings (SSSR count). The van der Waals surface area contributed by atoms with Gasteiger partial charge in [-0.1, -0.05) is 40.2 Å². The molecule has 22 heavy (non-hydrogen) atoms. The zero-order valence-electron chi connectivity index (χ0n) is 12.4. The lowest BCUT2D eigenvalue weighted by Crippen LogP contribution is -2.00. The SMILES string of the molecule is CCOC(=O)C=Cc1cccc(NCc2ccc(Br)cc2)c1. The highest BCUT2D eigenvalue weighted by atomic mass is 79.9. The van der Waals surface area contributed by atoms with E-state index in [0.717, 1.165) is 22.3 Å². The van der Waals surface area contributed by atoms with Crippen molar-refractivity contribution in [3.05, 3.63) is 70.2 Å². The summed E-state index contributed by atoms with van der Waals surface area (Å²) in [4.78, 5) is 11.3. The Bertz CT molecular complexity index is 650. The summed E-state index contributed by atoms with van der Waals surface area (Å²) in [6.45, 7) is 2.93. The molecule has 1 N–H and O–H groups in total. The van der Waals surface area contributed by atoms with E-state index in [-0.39, 0.29) is 5.97 Å². The molecular weight excluding hydrogens is 342 g/mol. The Hall–Kier alpha value is -2.07. The van der Waals surface area contributed by atoms with E-state index in [2.05, 4.69) is 33.4 Å². The van der Waals surface area contributed by atoms with Gasteiger partial charge in [0, 0.05) is 22.8 Å². The Kier molecular flexibility index (Phi) is 6.22. The quantitative estimate of drug-likeness (QED) is 0.603. The van der Waals surface area contributed by atoms with Crippen LogP contribution in [0.15, 0.2) is 59.1 Å². The number of hydrogen-bond donors (Lipinski definition) is 1. The smallest absolute Gasteiger partial charge is 0.330 e. The van der Waals surface area contributed by atoms with E-state index in [0.29, 0.717) is 6.61 Å². The molecule has 0 aliphatic heterocycles. The van der Waals surface area contributed by atoms with Crippen molar-refractivity contribution in [3.63, 3.8) is 0 Å². The van der Waals surface area contributed by atoms with E-state index in [1.165, 1.54) is 11.6 Å². The second-order valence-electron chi connectivity index (χ2n) is 4.69. The molecule has 0 aliphatic carbocycles. The van der Waals surface area contributed by atoms with Crippen LogP contribution in [-0.2, 0) is 16.1 Å². The van der Waals surface area contributed by atoms with Gasteiger partial charge in [0.2, 0.25) is 0 Å². The average molecular weight is 360 g/mol. The van der Waals surface area contributed by atoms with Crippen LogP contribution in [0, 0.1) is 0 Å². The summed E-state index contributed by atoms with van der Waals surface area (Å²) in [6, 6.07) is 16.1. The fourth-order valence-corrected chi connectivity index (χ4v) is 2.18. The molecule has 0 unspecified atom stereocenters. The van der Waals surface area contributed by atoms with Crippen LogP contribution in [0.2, 0.25) is 0 Å². The molecule has 2 aromatic rings. The summed E-state index contributed by atoms with van der Waals surface area (Å²) in [5.41, 5.74) is 3.17. The molecule has 0 atom stereocenters. The van der Waals surface area contributed by atoms with Crippen LogP contribution in [0.4, 0.5) is 5.69 Å². The number of rotatable bonds is 6. The Labute approximate surface area is 139 Å². The van der Waals surface area contributed by atoms with E-state index in [1.54, 1.807) is 13.0 Å². The van der Waals surface area contributed by atoms with Crippen molar-refractivity contribution in [2.75, 3.05) is 11.9 Å². The maximum absolute atomic E-state index is 11.3. The van der Waals surface area contributed by atoms with Crippen LogP contribution in [0.1, 0.15) is 18.1 Å². The van der Waals surface area contributed by atoms with E-state index in [1.807, 2.05) is 36.4 Å². The van der Waals surface area contributed by atoms with Gasteiger partial charge in [-0.25, -0.2) is 4.79 Å². The molecule has 4 heteroatoms. The number of carbonyl (C=O) groups excluding carboxylic acids is 1. The van der Waals surface area contributed by atoms with E-state index < -0.39 is 0 Å². The summed E-state index contributed by atoms with van der Waals surface area (Å²) < 4.78 is 5.94. The monoisotopic (exact) mass is 359 g/mol. The van der Waals surface area contributed by atoms with Gasteiger partial charge in [0.25, 0.3) is 0 Å². The maximum atomic E-state index is 11.3. The predicted molar refractivity (Wildman–Crippen MR) is 93.6 cm³/mol. The van der Waals surface area contributed by atoms with Crippen molar-refractivity contribution >= 4 is 33.7 Å². The number of benzene rings is 2. The largest absolute Gasteiger partial charge is 0.463 e. The first-order valence-electron chi connectivity index (χ1n) is 7.10. The first-order valence-corrected chi connectivity index (χ1v) is 7.90. The van der Waals surface area contributed by atoms with Crippen molar-refractivity contribution in [2.24, 2.45) is 0 Å². The molecule has 114 valence electrons. The maximum Gasteiger partial charge on any atom is 0.330 e. The third-order valence-electron chi connectivity index (χ3n) is 2.99. The molecule has 0 amide bonds. The van der Waals surface area contributed by atoms with Crippen LogP contribution in [0.3, 0.4) is 0 Å². The number of halogens is 1. The van der Waals surface area contributed by atoms with E-state index >= 15 is 0 Å². The standard InChI is InChI=1S/C18H18BrNO2/c1-2-22-18(21)11-8-14-4-3-5-17(12-14)20-13-15-6-9-16(19)10-7-15/h3-12,20H,2,13H2,1H3. The molecule has 0 fully saturated rings. The second kappa shape index (κ2) is 8.39. The number of hydrogen-bond acceptors (Lipinski definition) is 3. The van der Waals surface area contributed by atoms with E-state index in [9.17, 15) is 4.79 Å². The van der Waals surface area contributed by atoms with Crippen molar-refractivity contribution in [1.82, 2.24) is 0 Å². The molecule has 0 radical (unpaired) electrons. The van der Waals surface area contributed by atoms with Crippen LogP contribution in [0.5, 0.6) is 0 Å². The molecule has 0 spiro atoms. The summed E-state index contributed by atoms with van der Waals surface area (Å²) >= 11 is 3.43. The molecule has 0 saturated heterocycles. The summed E-state index contributed by atoms with van der Waals surface area (Å²) in [5.74, 6) is -0.323. The molecular formula is C18H18BrNO2. The van der Waals surface area contributed by atoms with Gasteiger partial charge in [0.05, 0.1) is 6.61 Å². The zero-order chi connectivity index (χ0) is 15.8. The molecule has 0 bridgehead atoms. The molecule has 0 saturated carbocycles. The topological polar surface area (TPSA) is 38.3 Å². The van der Waals surface area contributed by atoms with Gasteiger partial charge in [-0.05, 0) is 48.4 Å². The Morgan fingerprint density at radius 1 is 1.23 bits per heavy atom. The minimum atomic E-state index is -0.323. The Balaban J connectivity index is 1.96. The van der Waals surface area contributed by atoms with Crippen molar-refractivity contribution < 1.29 is 9.53 Å². The lowest BCUT2D eigenvalue weighted by Gasteiger charge is -2.07. The van der Waals surface area contributed by atoms with Gasteiger partial charge < -0.3 is 10.1 Å². The minimum Gasteiger partial charge on any atom is -0.463 e. The number of carbonyl (C=O) groups is 1. The van der Waals surface area contributed by atoms with Crippen molar-refractivity contribution in [3.8, 4) is 0 Å². The normalized spacial score (nSPS) is 10.6. The number of esters is 1. The molecule has 0 aromatic heterocycles. The third-order valence-corrected chi connectivity index (χ3v) is 3.52. The molecule has 0 aliphatic rings. The fraction of sp³-hybridized carbons (Fsp3) is 0.167. The van der Waals surface area contributed by atoms with Gasteiger partial charge in [-0.15, -0.1) is 0 Å². The number of anilines is 1. The van der Waals surface area contributed by atoms with Crippen LogP contribution >= 0.6 is 15.9 Å². The summed E-state index contributed by atoms with van der Waals surface area (Å²) in [6.07, 6.45) is 3.19. The third kappa shape index (κ3) is 5.37. The zero-order valence-corrected chi connectivity index (χ0v) is 14.0. The van der Waals surface area contributed by atoms with Crippen LogP contribution in [-0.4, -0.2) is 12.6 Å². The fourth-order valence-electron chi connectivity index (χ4n) is 1.91. The van der Waals surface area contributed by atoms with Crippen molar-refractivity contribution in [1.29, 1.82) is 0 Å². The lowest BCUT2D eigenvalue weighted by molar-refractivity contribution is -0.137. The van der Waals surface area contributed by atoms with Gasteiger partial charge >= 0.3 is 5.97 Å². The highest BCUT2D eigenvalue weighted by Gasteiger charge is 1.97. The summed E-state index contributed by atoms with van der Waals surface area (Å²) in [7, 11) is 0. The lowest BCUT2D eigenvalue weighted by atomic mass is 10.1. The highest BCUT2D eigenvalue weighted by Crippen LogP contribution is 2.15. The highest BCUT2D eigenvalue weighted by molar-refractivity contribution is 9.10. The van der Waals surface area contributed by atoms with Crippen LogP contribution < -0.4 is 5.32 Å². The summed E-state index contributed by atoms with van der Waals surface area (Å²) in [5, 5.41) is 3.37. The first-order chi connectivity index (χ1) is 10.7. The Morgan fingerprint density at radius 2 is 2.00 bits per heavy atom. The van der Waals surface area contributed by atoms with Gasteiger partial charge in [0.1, 0.15) is 0 Å². The first kappa shape index (κ1) is 16.3. The molecule has 3 nitrogen and oxygen atoms in total. The Morgan fingerprint density at radius 3 is 2.73 bits per heavy atom. The minimum absolute atomic E-state index is 0.323. The van der Waals surface area contributed by atoms with Crippen LogP contribution in [0.25, 0.3) is 6.08 Å². The molecule has 0 heterocycles. The second-order valence-corrected chi connectivity index (χ2v) is 5.61. The van der Waals surface area contributed by atoms with Gasteiger partial charge in [-0.3, -0.25) is 0 Å². The van der Waals surface area contributed by atoms with Gasteiger partial charge in [0.15, 0.2) is 0 Å². The van der Waals surface area contributed by atoms with Crippen molar-refractivity contribution in [2.45, 2.75) is 13.5 Å². The van der Waals surface area contributed by atoms with E-state index in [4.69, 9.17) is 4.74 Å². The number of ether oxygens (including phenoxy) is 1. The molecule has 2 aromatic carbocycles. The average Bonchev–Trinajstić information content (AvgIpc) is 2.53. The predicted octanol–water partition coefficient (Wildman–Crippen LogP) is 4.64. The number of nitrogens with one attached hydrogen (secondary N) is 1.